The van der Waals surface area contributed by atoms with E-state index in [9.17, 15) is 22.4 Å². The zero-order valence-electron chi connectivity index (χ0n) is 18.3. The van der Waals surface area contributed by atoms with Crippen molar-refractivity contribution in [2.24, 2.45) is 35.1 Å². The Balaban J connectivity index is 1.39. The Labute approximate surface area is 189 Å². The number of hydrogen-bond acceptors (Lipinski definition) is 4. The van der Waals surface area contributed by atoms with E-state index >= 15 is 0 Å². The molecule has 0 radical (unpaired) electrons. The molecule has 3 fully saturated rings. The van der Waals surface area contributed by atoms with Crippen LogP contribution < -0.4 is 11.5 Å². The number of primary amides is 1. The molecule has 0 saturated heterocycles. The minimum atomic E-state index is -2.74. The Bertz CT molecular complexity index is 1030. The van der Waals surface area contributed by atoms with Crippen molar-refractivity contribution >= 4 is 11.7 Å². The number of carbonyl (C=O) groups excluding carboxylic acids is 1. The summed E-state index contributed by atoms with van der Waals surface area (Å²) in [6, 6.07) is 1.32. The molecule has 3 aliphatic rings. The third-order valence-electron chi connectivity index (χ3n) is 7.79. The lowest BCUT2D eigenvalue weighted by atomic mass is 9.66. The molecule has 180 valence electrons. The van der Waals surface area contributed by atoms with Gasteiger partial charge in [0.2, 0.25) is 23.5 Å². The molecule has 1 unspecified atom stereocenters. The van der Waals surface area contributed by atoms with Crippen LogP contribution in [-0.2, 0) is 4.79 Å². The molecule has 0 aromatic carbocycles. The number of aromatic nitrogens is 3. The molecule has 3 aliphatic carbocycles. The first-order valence-corrected chi connectivity index (χ1v) is 11.7. The third kappa shape index (κ3) is 4.46. The quantitative estimate of drug-likeness (QED) is 0.597. The van der Waals surface area contributed by atoms with Gasteiger partial charge in [0, 0.05) is 49.9 Å². The van der Waals surface area contributed by atoms with Crippen LogP contribution in [0.3, 0.4) is 0 Å². The van der Waals surface area contributed by atoms with E-state index in [1.807, 2.05) is 0 Å². The van der Waals surface area contributed by atoms with Crippen molar-refractivity contribution in [3.8, 4) is 0 Å². The molecule has 6 nitrogen and oxygen atoms in total. The second-order valence-electron chi connectivity index (χ2n) is 10.3. The van der Waals surface area contributed by atoms with Crippen LogP contribution in [0.5, 0.6) is 0 Å². The average molecular weight is 468 g/mol. The highest BCUT2D eigenvalue weighted by molar-refractivity contribution is 5.78. The van der Waals surface area contributed by atoms with Crippen LogP contribution >= 0.6 is 0 Å². The van der Waals surface area contributed by atoms with E-state index in [1.165, 1.54) is 0 Å². The van der Waals surface area contributed by atoms with Gasteiger partial charge >= 0.3 is 0 Å². The number of rotatable bonds is 7. The highest BCUT2D eigenvalue weighted by Gasteiger charge is 2.54. The number of nitrogens with zero attached hydrogens (tertiary/aromatic N) is 3. The lowest BCUT2D eigenvalue weighted by molar-refractivity contribution is -0.146. The fourth-order valence-electron chi connectivity index (χ4n) is 5.75. The smallest absolute Gasteiger partial charge is 0.248 e. The molecular formula is C23H29F4N5O. The van der Waals surface area contributed by atoms with Crippen LogP contribution in [0.4, 0.5) is 17.6 Å². The van der Waals surface area contributed by atoms with Crippen LogP contribution in [0.15, 0.2) is 18.5 Å². The summed E-state index contributed by atoms with van der Waals surface area (Å²) < 4.78 is 55.8. The molecule has 0 bridgehead atoms. The number of fused-ring (bicyclic) bond motifs is 1. The summed E-state index contributed by atoms with van der Waals surface area (Å²) in [5, 5.41) is 0. The van der Waals surface area contributed by atoms with E-state index in [0.717, 1.165) is 12.8 Å². The molecule has 0 aliphatic heterocycles. The van der Waals surface area contributed by atoms with Gasteiger partial charge in [0.1, 0.15) is 0 Å². The van der Waals surface area contributed by atoms with Gasteiger partial charge in [-0.25, -0.2) is 27.5 Å². The largest absolute Gasteiger partial charge is 0.369 e. The number of amides is 1. The van der Waals surface area contributed by atoms with Gasteiger partial charge in [-0.05, 0) is 49.5 Å². The van der Waals surface area contributed by atoms with Crippen LogP contribution in [-0.4, -0.2) is 32.1 Å². The number of nitrogens with two attached hydrogens (primary N) is 2. The minimum absolute atomic E-state index is 0.0762. The van der Waals surface area contributed by atoms with Gasteiger partial charge in [-0.3, -0.25) is 9.20 Å². The molecular weight excluding hydrogens is 438 g/mol. The van der Waals surface area contributed by atoms with Gasteiger partial charge in [-0.1, -0.05) is 0 Å². The number of imidazole rings is 1. The second-order valence-corrected chi connectivity index (χ2v) is 10.3. The lowest BCUT2D eigenvalue weighted by Crippen LogP contribution is -2.46. The van der Waals surface area contributed by atoms with Crippen molar-refractivity contribution in [1.29, 1.82) is 0 Å². The Kier molecular flexibility index (Phi) is 5.42. The Morgan fingerprint density at radius 2 is 1.61 bits per heavy atom. The normalized spacial score (nSPS) is 26.0. The van der Waals surface area contributed by atoms with E-state index in [0.29, 0.717) is 30.0 Å². The average Bonchev–Trinajstić information content (AvgIpc) is 3.46. The zero-order valence-corrected chi connectivity index (χ0v) is 18.3. The number of halogens is 4. The molecule has 33 heavy (non-hydrogen) atoms. The van der Waals surface area contributed by atoms with Crippen LogP contribution in [0.25, 0.3) is 5.78 Å². The van der Waals surface area contributed by atoms with Gasteiger partial charge in [0.25, 0.3) is 0 Å². The summed E-state index contributed by atoms with van der Waals surface area (Å²) in [6.07, 6.45) is 5.05. The maximum Gasteiger partial charge on any atom is 0.248 e. The molecule has 2 heterocycles. The zero-order chi connectivity index (χ0) is 23.5. The predicted molar refractivity (Wildman–Crippen MR) is 113 cm³/mol. The Hall–Kier alpha value is -2.23. The first kappa shape index (κ1) is 22.6. The summed E-state index contributed by atoms with van der Waals surface area (Å²) in [5.41, 5.74) is 13.3. The minimum Gasteiger partial charge on any atom is -0.369 e. The van der Waals surface area contributed by atoms with Gasteiger partial charge in [-0.15, -0.1) is 0 Å². The van der Waals surface area contributed by atoms with Gasteiger partial charge in [-0.2, -0.15) is 0 Å². The monoisotopic (exact) mass is 467 g/mol. The number of alkyl halides is 4. The van der Waals surface area contributed by atoms with Gasteiger partial charge in [0.15, 0.2) is 0 Å². The van der Waals surface area contributed by atoms with Gasteiger partial charge in [0.05, 0.1) is 17.4 Å². The van der Waals surface area contributed by atoms with E-state index in [4.69, 9.17) is 11.5 Å². The molecule has 3 saturated carbocycles. The number of carbonyl (C=O) groups is 1. The second kappa shape index (κ2) is 7.92. The maximum absolute atomic E-state index is 13.5. The fraction of sp³-hybridized carbons (Fsp3) is 0.696. The van der Waals surface area contributed by atoms with Crippen molar-refractivity contribution in [3.63, 3.8) is 0 Å². The van der Waals surface area contributed by atoms with Crippen LogP contribution in [0.1, 0.15) is 74.7 Å². The van der Waals surface area contributed by atoms with Crippen molar-refractivity contribution in [3.05, 3.63) is 29.8 Å². The van der Waals surface area contributed by atoms with E-state index in [2.05, 4.69) is 9.97 Å². The molecule has 4 N–H and O–H groups in total. The highest BCUT2D eigenvalue weighted by Crippen LogP contribution is 2.55. The topological polar surface area (TPSA) is 99.3 Å². The molecule has 2 aromatic heterocycles. The molecule has 10 heteroatoms. The van der Waals surface area contributed by atoms with Crippen molar-refractivity contribution in [2.75, 3.05) is 0 Å². The van der Waals surface area contributed by atoms with Crippen LogP contribution in [0, 0.1) is 23.7 Å². The standard InChI is InChI=1S/C23H29F4N5O/c24-22(25)6-3-13(4-7-22)19(28)16-11-32-8-5-15(30-21(32)31-16)17(12-1-2-12)18(20(29)33)14-9-23(26,27)10-14/h5,8,11-14,17-19H,1-4,6-7,9-10,28H2,(H2,29,33)/t17-,18?,19+/m1/s1. The molecule has 3 atom stereocenters. The van der Waals surface area contributed by atoms with Gasteiger partial charge < -0.3 is 11.5 Å². The molecule has 1 amide bonds. The summed E-state index contributed by atoms with van der Waals surface area (Å²) >= 11 is 0. The highest BCUT2D eigenvalue weighted by atomic mass is 19.3. The van der Waals surface area contributed by atoms with E-state index < -0.39 is 35.6 Å². The SMILES string of the molecule is NC(=O)C(C1CC(F)(F)C1)[C@@H](c1ccn2cc([C@@H](N)C3CCC(F)(F)CC3)nc2n1)C1CC1. The number of hydrogen-bond donors (Lipinski definition) is 2. The fourth-order valence-corrected chi connectivity index (χ4v) is 5.75. The molecule has 5 rings (SSSR count). The van der Waals surface area contributed by atoms with Crippen molar-refractivity contribution in [2.45, 2.75) is 75.2 Å². The Morgan fingerprint density at radius 3 is 2.18 bits per heavy atom. The Morgan fingerprint density at radius 1 is 0.970 bits per heavy atom. The molecule has 2 aromatic rings. The van der Waals surface area contributed by atoms with Crippen molar-refractivity contribution < 1.29 is 22.4 Å². The van der Waals surface area contributed by atoms with E-state index in [-0.39, 0.29) is 43.4 Å². The van der Waals surface area contributed by atoms with E-state index in [1.54, 1.807) is 22.9 Å². The first-order valence-electron chi connectivity index (χ1n) is 11.7. The van der Waals surface area contributed by atoms with Crippen molar-refractivity contribution in [1.82, 2.24) is 14.4 Å². The summed E-state index contributed by atoms with van der Waals surface area (Å²) in [4.78, 5) is 21.6. The van der Waals surface area contributed by atoms with Crippen LogP contribution in [0.2, 0.25) is 0 Å². The predicted octanol–water partition coefficient (Wildman–Crippen LogP) is 4.20. The maximum atomic E-state index is 13.5. The summed E-state index contributed by atoms with van der Waals surface area (Å²) in [6.45, 7) is 0. The lowest BCUT2D eigenvalue weighted by Gasteiger charge is -2.41. The molecule has 0 spiro atoms. The summed E-state index contributed by atoms with van der Waals surface area (Å²) in [5.74, 6) is -6.86. The first-order chi connectivity index (χ1) is 15.5. The third-order valence-corrected chi connectivity index (χ3v) is 7.79. The summed E-state index contributed by atoms with van der Waals surface area (Å²) in [7, 11) is 0.